The molecule has 1 fully saturated rings. The minimum Gasteiger partial charge on any atom is -0.326 e. The van der Waals surface area contributed by atoms with Gasteiger partial charge in [-0.1, -0.05) is 19.1 Å². The number of carbonyl (C=O) groups is 1. The minimum atomic E-state index is 0.194. The Morgan fingerprint density at radius 1 is 1.40 bits per heavy atom. The number of fused-ring (bicyclic) bond motifs is 1. The predicted octanol–water partition coefficient (Wildman–Crippen LogP) is 1.40. The van der Waals surface area contributed by atoms with Gasteiger partial charge in [-0.2, -0.15) is 0 Å². The van der Waals surface area contributed by atoms with Gasteiger partial charge in [0, 0.05) is 36.3 Å². The highest BCUT2D eigenvalue weighted by Crippen LogP contribution is 2.34. The Morgan fingerprint density at radius 3 is 2.95 bits per heavy atom. The van der Waals surface area contributed by atoms with Gasteiger partial charge in [0.1, 0.15) is 0 Å². The summed E-state index contributed by atoms with van der Waals surface area (Å²) >= 11 is 1.83. The highest BCUT2D eigenvalue weighted by Gasteiger charge is 2.30. The van der Waals surface area contributed by atoms with Crippen LogP contribution in [0.4, 0.5) is 5.69 Å². The zero-order chi connectivity index (χ0) is 14.1. The maximum Gasteiger partial charge on any atom is 0.241 e. The monoisotopic (exact) mass is 291 g/mol. The van der Waals surface area contributed by atoms with Gasteiger partial charge in [-0.3, -0.25) is 9.69 Å². The first-order valence-corrected chi connectivity index (χ1v) is 8.14. The smallest absolute Gasteiger partial charge is 0.241 e. The Labute approximate surface area is 124 Å². The predicted molar refractivity (Wildman–Crippen MR) is 83.1 cm³/mol. The first kappa shape index (κ1) is 13.9. The summed E-state index contributed by atoms with van der Waals surface area (Å²) in [6.45, 7) is 5.20. The summed E-state index contributed by atoms with van der Waals surface area (Å²) in [5.74, 6) is 1.64. The summed E-state index contributed by atoms with van der Waals surface area (Å²) < 4.78 is 0. The number of carbonyl (C=O) groups excluding carboxylic acids is 1. The van der Waals surface area contributed by atoms with Gasteiger partial charge in [-0.05, 0) is 18.1 Å². The third kappa shape index (κ3) is 2.71. The molecule has 1 amide bonds. The van der Waals surface area contributed by atoms with Crippen LogP contribution in [-0.4, -0.2) is 48.8 Å². The highest BCUT2D eigenvalue weighted by atomic mass is 32.2. The van der Waals surface area contributed by atoms with Crippen molar-refractivity contribution in [2.45, 2.75) is 17.9 Å². The van der Waals surface area contributed by atoms with Gasteiger partial charge in [0.2, 0.25) is 5.91 Å². The third-order valence-electron chi connectivity index (χ3n) is 4.13. The quantitative estimate of drug-likeness (QED) is 0.895. The van der Waals surface area contributed by atoms with E-state index in [0.29, 0.717) is 12.5 Å². The number of anilines is 1. The van der Waals surface area contributed by atoms with Crippen molar-refractivity contribution in [1.82, 2.24) is 4.90 Å². The first-order chi connectivity index (χ1) is 9.65. The molecule has 0 bridgehead atoms. The van der Waals surface area contributed by atoms with Crippen LogP contribution in [-0.2, 0) is 4.79 Å². The normalized spacial score (nSPS) is 26.6. The van der Waals surface area contributed by atoms with Gasteiger partial charge in [0.25, 0.3) is 0 Å². The number of para-hydroxylation sites is 1. The Hall–Kier alpha value is -1.04. The van der Waals surface area contributed by atoms with Crippen LogP contribution >= 0.6 is 11.8 Å². The first-order valence-electron chi connectivity index (χ1n) is 7.15. The fourth-order valence-corrected chi connectivity index (χ4v) is 3.92. The molecular formula is C15H21N3OS. The lowest BCUT2D eigenvalue weighted by atomic mass is 10.1. The standard InChI is InChI=1S/C15H21N3OS/c1-11-8-17(9-12(11)16)10-15(19)18-6-7-20-14-5-3-2-4-13(14)18/h2-5,11-12H,6-10,16H2,1H3. The summed E-state index contributed by atoms with van der Waals surface area (Å²) in [4.78, 5) is 17.9. The molecule has 1 aromatic rings. The van der Waals surface area contributed by atoms with E-state index in [4.69, 9.17) is 5.73 Å². The molecule has 2 heterocycles. The molecule has 1 aromatic carbocycles. The Morgan fingerprint density at radius 2 is 2.20 bits per heavy atom. The van der Waals surface area contributed by atoms with Gasteiger partial charge < -0.3 is 10.6 Å². The fraction of sp³-hybridized carbons (Fsp3) is 0.533. The van der Waals surface area contributed by atoms with E-state index in [9.17, 15) is 4.79 Å². The van der Waals surface area contributed by atoms with Crippen molar-refractivity contribution in [2.75, 3.05) is 36.8 Å². The van der Waals surface area contributed by atoms with E-state index in [1.54, 1.807) is 0 Å². The molecule has 5 heteroatoms. The molecular weight excluding hydrogens is 270 g/mol. The molecule has 0 radical (unpaired) electrons. The van der Waals surface area contributed by atoms with Gasteiger partial charge in [-0.25, -0.2) is 0 Å². The maximum atomic E-state index is 12.6. The van der Waals surface area contributed by atoms with Crippen molar-refractivity contribution in [1.29, 1.82) is 0 Å². The second-order valence-electron chi connectivity index (χ2n) is 5.70. The molecule has 0 saturated carbocycles. The van der Waals surface area contributed by atoms with E-state index in [1.807, 2.05) is 34.9 Å². The second kappa shape index (κ2) is 5.76. The lowest BCUT2D eigenvalue weighted by molar-refractivity contribution is -0.119. The van der Waals surface area contributed by atoms with Crippen LogP contribution < -0.4 is 10.6 Å². The van der Waals surface area contributed by atoms with Gasteiger partial charge >= 0.3 is 0 Å². The fourth-order valence-electron chi connectivity index (χ4n) is 2.93. The Balaban J connectivity index is 1.70. The Bertz CT molecular complexity index is 498. The van der Waals surface area contributed by atoms with Crippen molar-refractivity contribution < 1.29 is 4.79 Å². The SMILES string of the molecule is CC1CN(CC(=O)N2CCSc3ccccc32)CC1N. The van der Waals surface area contributed by atoms with Crippen LogP contribution in [0.2, 0.25) is 0 Å². The number of amides is 1. The van der Waals surface area contributed by atoms with Crippen LogP contribution in [0.1, 0.15) is 6.92 Å². The number of likely N-dealkylation sites (tertiary alicyclic amines) is 1. The molecule has 2 atom stereocenters. The molecule has 1 saturated heterocycles. The molecule has 2 aliphatic heterocycles. The molecule has 4 nitrogen and oxygen atoms in total. The number of thioether (sulfide) groups is 1. The lowest BCUT2D eigenvalue weighted by Gasteiger charge is -2.30. The molecule has 3 rings (SSSR count). The number of rotatable bonds is 2. The summed E-state index contributed by atoms with van der Waals surface area (Å²) in [6.07, 6.45) is 0. The molecule has 0 spiro atoms. The van der Waals surface area contributed by atoms with Crippen LogP contribution in [0.25, 0.3) is 0 Å². The van der Waals surface area contributed by atoms with Crippen LogP contribution in [0.5, 0.6) is 0 Å². The molecule has 20 heavy (non-hydrogen) atoms. The van der Waals surface area contributed by atoms with E-state index in [-0.39, 0.29) is 11.9 Å². The topological polar surface area (TPSA) is 49.6 Å². The van der Waals surface area contributed by atoms with Crippen molar-refractivity contribution in [3.63, 3.8) is 0 Å². The summed E-state index contributed by atoms with van der Waals surface area (Å²) in [5, 5.41) is 0. The Kier molecular flexibility index (Phi) is 4.01. The number of hydrogen-bond donors (Lipinski definition) is 1. The molecule has 0 aromatic heterocycles. The van der Waals surface area contributed by atoms with E-state index in [2.05, 4.69) is 17.9 Å². The summed E-state index contributed by atoms with van der Waals surface area (Å²) in [6, 6.07) is 8.36. The van der Waals surface area contributed by atoms with Crippen LogP contribution in [0, 0.1) is 5.92 Å². The number of benzene rings is 1. The van der Waals surface area contributed by atoms with Crippen molar-refractivity contribution >= 4 is 23.4 Å². The zero-order valence-corrected chi connectivity index (χ0v) is 12.6. The number of nitrogens with two attached hydrogens (primary N) is 1. The van der Waals surface area contributed by atoms with E-state index in [0.717, 1.165) is 31.1 Å². The highest BCUT2D eigenvalue weighted by molar-refractivity contribution is 7.99. The largest absolute Gasteiger partial charge is 0.326 e. The lowest BCUT2D eigenvalue weighted by Crippen LogP contribution is -2.42. The van der Waals surface area contributed by atoms with E-state index in [1.165, 1.54) is 4.90 Å². The van der Waals surface area contributed by atoms with Crippen molar-refractivity contribution in [3.05, 3.63) is 24.3 Å². The van der Waals surface area contributed by atoms with Crippen molar-refractivity contribution in [2.24, 2.45) is 11.7 Å². The average Bonchev–Trinajstić information content (AvgIpc) is 2.76. The summed E-state index contributed by atoms with van der Waals surface area (Å²) in [7, 11) is 0. The molecule has 0 aliphatic carbocycles. The van der Waals surface area contributed by atoms with Crippen LogP contribution in [0.15, 0.2) is 29.2 Å². The average molecular weight is 291 g/mol. The maximum absolute atomic E-state index is 12.6. The van der Waals surface area contributed by atoms with Gasteiger partial charge in [0.15, 0.2) is 0 Å². The minimum absolute atomic E-state index is 0.194. The van der Waals surface area contributed by atoms with Gasteiger partial charge in [0.05, 0.1) is 12.2 Å². The number of hydrogen-bond acceptors (Lipinski definition) is 4. The zero-order valence-electron chi connectivity index (χ0n) is 11.8. The van der Waals surface area contributed by atoms with Gasteiger partial charge in [-0.15, -0.1) is 11.8 Å². The number of nitrogens with zero attached hydrogens (tertiary/aromatic N) is 2. The molecule has 2 unspecified atom stereocenters. The molecule has 108 valence electrons. The van der Waals surface area contributed by atoms with Crippen molar-refractivity contribution in [3.8, 4) is 0 Å². The summed E-state index contributed by atoms with van der Waals surface area (Å²) in [5.41, 5.74) is 7.09. The molecule has 2 N–H and O–H groups in total. The third-order valence-corrected chi connectivity index (χ3v) is 5.18. The van der Waals surface area contributed by atoms with Crippen LogP contribution in [0.3, 0.4) is 0 Å². The second-order valence-corrected chi connectivity index (χ2v) is 6.83. The molecule has 2 aliphatic rings. The van der Waals surface area contributed by atoms with E-state index >= 15 is 0 Å². The van der Waals surface area contributed by atoms with E-state index < -0.39 is 0 Å².